The molecular weight excluding hydrogens is 360 g/mol. The van der Waals surface area contributed by atoms with Crippen LogP contribution in [0.5, 0.6) is 0 Å². The van der Waals surface area contributed by atoms with Gasteiger partial charge in [-0.3, -0.25) is 9.13 Å². The zero-order valence-corrected chi connectivity index (χ0v) is 13.0. The summed E-state index contributed by atoms with van der Waals surface area (Å²) in [6, 6.07) is 3.13. The van der Waals surface area contributed by atoms with Gasteiger partial charge in [-0.1, -0.05) is 15.9 Å². The molecule has 8 heteroatoms. The molecule has 2 rings (SSSR count). The normalized spacial score (nSPS) is 13.9. The van der Waals surface area contributed by atoms with Gasteiger partial charge >= 0.3 is 11.9 Å². The standard InChI is InChI=1S/C12H11BrClF3N2O/c1-18-9-3-6(8(14)5-12(15,16)17)7(13)4-10(9)19(2)11(18)20/h3-4,8H,5H2,1-2H3. The number of hydrogen-bond acceptors (Lipinski definition) is 1. The van der Waals surface area contributed by atoms with E-state index < -0.39 is 18.0 Å². The van der Waals surface area contributed by atoms with Gasteiger partial charge in [0.15, 0.2) is 0 Å². The van der Waals surface area contributed by atoms with Crippen LogP contribution in [0, 0.1) is 0 Å². The highest BCUT2D eigenvalue weighted by Gasteiger charge is 2.32. The minimum Gasteiger partial charge on any atom is -0.295 e. The predicted molar refractivity (Wildman–Crippen MR) is 75.1 cm³/mol. The number of aromatic nitrogens is 2. The molecular formula is C12H11BrClF3N2O. The van der Waals surface area contributed by atoms with E-state index in [1.165, 1.54) is 15.2 Å². The molecule has 20 heavy (non-hydrogen) atoms. The van der Waals surface area contributed by atoms with Crippen molar-refractivity contribution in [1.29, 1.82) is 0 Å². The summed E-state index contributed by atoms with van der Waals surface area (Å²) in [4.78, 5) is 11.8. The summed E-state index contributed by atoms with van der Waals surface area (Å²) in [5.74, 6) is 0. The number of aryl methyl sites for hydroxylation is 2. The fourth-order valence-electron chi connectivity index (χ4n) is 2.09. The lowest BCUT2D eigenvalue weighted by atomic mass is 10.1. The molecule has 0 saturated heterocycles. The topological polar surface area (TPSA) is 26.9 Å². The van der Waals surface area contributed by atoms with Gasteiger partial charge in [0.25, 0.3) is 0 Å². The summed E-state index contributed by atoms with van der Waals surface area (Å²) in [5, 5.41) is -1.20. The third kappa shape index (κ3) is 2.74. The zero-order valence-electron chi connectivity index (χ0n) is 10.6. The number of fused-ring (bicyclic) bond motifs is 1. The molecule has 0 fully saturated rings. The molecule has 0 radical (unpaired) electrons. The molecule has 0 saturated carbocycles. The highest BCUT2D eigenvalue weighted by atomic mass is 79.9. The molecule has 110 valence electrons. The quantitative estimate of drug-likeness (QED) is 0.736. The van der Waals surface area contributed by atoms with E-state index in [0.717, 1.165) is 0 Å². The van der Waals surface area contributed by atoms with Crippen molar-refractivity contribution in [2.24, 2.45) is 14.1 Å². The number of rotatable bonds is 2. The number of hydrogen-bond donors (Lipinski definition) is 0. The Morgan fingerprint density at radius 1 is 1.25 bits per heavy atom. The monoisotopic (exact) mass is 370 g/mol. The highest BCUT2D eigenvalue weighted by Crippen LogP contribution is 2.38. The van der Waals surface area contributed by atoms with Crippen LogP contribution in [-0.4, -0.2) is 15.3 Å². The molecule has 0 spiro atoms. The minimum atomic E-state index is -4.34. The molecule has 0 amide bonds. The molecule has 0 bridgehead atoms. The second-order valence-corrected chi connectivity index (χ2v) is 5.93. The van der Waals surface area contributed by atoms with Crippen LogP contribution in [0.1, 0.15) is 17.4 Å². The molecule has 0 aliphatic carbocycles. The predicted octanol–water partition coefficient (Wildman–Crippen LogP) is 3.87. The first-order valence-electron chi connectivity index (χ1n) is 5.67. The van der Waals surface area contributed by atoms with Crippen molar-refractivity contribution in [2.75, 3.05) is 0 Å². The zero-order chi connectivity index (χ0) is 15.2. The summed E-state index contributed by atoms with van der Waals surface area (Å²) in [6.45, 7) is 0. The van der Waals surface area contributed by atoms with Crippen molar-refractivity contribution in [1.82, 2.24) is 9.13 Å². The second kappa shape index (κ2) is 5.11. The maximum Gasteiger partial charge on any atom is 0.390 e. The van der Waals surface area contributed by atoms with Gasteiger partial charge in [-0.2, -0.15) is 13.2 Å². The summed E-state index contributed by atoms with van der Waals surface area (Å²) < 4.78 is 40.5. The Hall–Kier alpha value is -0.950. The Balaban J connectivity index is 2.59. The molecule has 1 heterocycles. The van der Waals surface area contributed by atoms with E-state index in [0.29, 0.717) is 21.1 Å². The summed E-state index contributed by atoms with van der Waals surface area (Å²) in [7, 11) is 3.17. The molecule has 1 aromatic heterocycles. The Bertz CT molecular complexity index is 720. The van der Waals surface area contributed by atoms with Crippen molar-refractivity contribution in [2.45, 2.75) is 18.0 Å². The summed E-state index contributed by atoms with van der Waals surface area (Å²) in [5.41, 5.74) is 1.25. The first kappa shape index (κ1) is 15.4. The average molecular weight is 372 g/mol. The van der Waals surface area contributed by atoms with E-state index in [1.54, 1.807) is 20.2 Å². The van der Waals surface area contributed by atoms with Crippen LogP contribution in [0.2, 0.25) is 0 Å². The third-order valence-corrected chi connectivity index (χ3v) is 4.21. The molecule has 0 aliphatic heterocycles. The van der Waals surface area contributed by atoms with Gasteiger partial charge < -0.3 is 0 Å². The van der Waals surface area contributed by atoms with Crippen LogP contribution >= 0.6 is 27.5 Å². The van der Waals surface area contributed by atoms with Crippen LogP contribution in [0.3, 0.4) is 0 Å². The maximum atomic E-state index is 12.4. The van der Waals surface area contributed by atoms with E-state index >= 15 is 0 Å². The Morgan fingerprint density at radius 3 is 2.25 bits per heavy atom. The Kier molecular flexibility index (Phi) is 3.94. The SMILES string of the molecule is Cn1c(=O)n(C)c2cc(C(Cl)CC(F)(F)F)c(Br)cc21. The number of benzene rings is 1. The number of imidazole rings is 1. The smallest absolute Gasteiger partial charge is 0.295 e. The molecule has 1 atom stereocenters. The summed E-state index contributed by atoms with van der Waals surface area (Å²) in [6.07, 6.45) is -5.47. The third-order valence-electron chi connectivity index (χ3n) is 3.14. The highest BCUT2D eigenvalue weighted by molar-refractivity contribution is 9.10. The van der Waals surface area contributed by atoms with Crippen LogP contribution in [0.4, 0.5) is 13.2 Å². The van der Waals surface area contributed by atoms with Gasteiger partial charge in [-0.25, -0.2) is 4.79 Å². The number of halogens is 5. The minimum absolute atomic E-state index is 0.244. The van der Waals surface area contributed by atoms with Gasteiger partial charge in [0.2, 0.25) is 0 Å². The van der Waals surface area contributed by atoms with E-state index in [9.17, 15) is 18.0 Å². The lowest BCUT2D eigenvalue weighted by Crippen LogP contribution is -2.19. The Morgan fingerprint density at radius 2 is 1.75 bits per heavy atom. The molecule has 1 aromatic carbocycles. The fraction of sp³-hybridized carbons (Fsp3) is 0.417. The molecule has 0 aliphatic rings. The van der Waals surface area contributed by atoms with Crippen molar-refractivity contribution in [3.8, 4) is 0 Å². The van der Waals surface area contributed by atoms with E-state index in [2.05, 4.69) is 15.9 Å². The van der Waals surface area contributed by atoms with Gasteiger partial charge in [-0.15, -0.1) is 11.6 Å². The summed E-state index contributed by atoms with van der Waals surface area (Å²) >= 11 is 9.07. The first-order valence-corrected chi connectivity index (χ1v) is 6.90. The lowest BCUT2D eigenvalue weighted by molar-refractivity contribution is -0.134. The van der Waals surface area contributed by atoms with Gasteiger partial charge in [0.05, 0.1) is 22.8 Å². The largest absolute Gasteiger partial charge is 0.390 e. The second-order valence-electron chi connectivity index (χ2n) is 4.55. The molecule has 0 N–H and O–H groups in total. The van der Waals surface area contributed by atoms with Crippen molar-refractivity contribution < 1.29 is 13.2 Å². The van der Waals surface area contributed by atoms with Crippen LogP contribution < -0.4 is 5.69 Å². The van der Waals surface area contributed by atoms with Crippen LogP contribution in [0.15, 0.2) is 21.4 Å². The van der Waals surface area contributed by atoms with Crippen LogP contribution in [0.25, 0.3) is 11.0 Å². The molecule has 3 nitrogen and oxygen atoms in total. The van der Waals surface area contributed by atoms with E-state index in [4.69, 9.17) is 11.6 Å². The first-order chi connectivity index (χ1) is 9.11. The van der Waals surface area contributed by atoms with Crippen LogP contribution in [-0.2, 0) is 14.1 Å². The number of nitrogens with zero attached hydrogens (tertiary/aromatic N) is 2. The molecule has 2 aromatic rings. The van der Waals surface area contributed by atoms with Crippen molar-refractivity contribution in [3.63, 3.8) is 0 Å². The van der Waals surface area contributed by atoms with Gasteiger partial charge in [0.1, 0.15) is 0 Å². The fourth-order valence-corrected chi connectivity index (χ4v) is 3.18. The lowest BCUT2D eigenvalue weighted by Gasteiger charge is -2.14. The van der Waals surface area contributed by atoms with Crippen molar-refractivity contribution in [3.05, 3.63) is 32.7 Å². The number of alkyl halides is 4. The maximum absolute atomic E-state index is 12.4. The average Bonchev–Trinajstić information content (AvgIpc) is 2.51. The van der Waals surface area contributed by atoms with E-state index in [1.807, 2.05) is 0 Å². The molecule has 1 unspecified atom stereocenters. The van der Waals surface area contributed by atoms with Gasteiger partial charge in [0, 0.05) is 18.6 Å². The Labute approximate surface area is 126 Å². The van der Waals surface area contributed by atoms with Crippen molar-refractivity contribution >= 4 is 38.6 Å². The van der Waals surface area contributed by atoms with Gasteiger partial charge in [-0.05, 0) is 17.7 Å². The van der Waals surface area contributed by atoms with E-state index in [-0.39, 0.29) is 5.69 Å².